The van der Waals surface area contributed by atoms with Crippen molar-refractivity contribution < 1.29 is 0 Å². The number of nitrogens with zero attached hydrogens (tertiary/aromatic N) is 2. The van der Waals surface area contributed by atoms with E-state index in [4.69, 9.17) is 17.2 Å². The van der Waals surface area contributed by atoms with Gasteiger partial charge in [0.25, 0.3) is 0 Å². The van der Waals surface area contributed by atoms with E-state index in [-0.39, 0.29) is 6.04 Å². The Morgan fingerprint density at radius 1 is 1.07 bits per heavy atom. The predicted octanol–water partition coefficient (Wildman–Crippen LogP) is 4.71. The SMILES string of the molecule is CCN1C/C(=C\c2ccc(C)cc2)C2=NC(=S)NC(c3ccc(C)cc3)C2C1. The third-order valence-electron chi connectivity index (χ3n) is 5.73. The molecular formula is C24H27N3S. The number of hydrogen-bond donors (Lipinski definition) is 1. The second-order valence-electron chi connectivity index (χ2n) is 7.85. The van der Waals surface area contributed by atoms with Crippen LogP contribution in [-0.4, -0.2) is 35.4 Å². The molecular weight excluding hydrogens is 362 g/mol. The van der Waals surface area contributed by atoms with Crippen molar-refractivity contribution >= 4 is 29.1 Å². The van der Waals surface area contributed by atoms with Crippen LogP contribution >= 0.6 is 12.2 Å². The van der Waals surface area contributed by atoms with E-state index in [0.717, 1.165) is 25.3 Å². The van der Waals surface area contributed by atoms with Crippen molar-refractivity contribution in [3.8, 4) is 0 Å². The molecule has 144 valence electrons. The Kier molecular flexibility index (Phi) is 5.42. The molecule has 0 saturated carbocycles. The van der Waals surface area contributed by atoms with Crippen LogP contribution in [0.1, 0.15) is 35.2 Å². The minimum atomic E-state index is 0.163. The topological polar surface area (TPSA) is 27.6 Å². The summed E-state index contributed by atoms with van der Waals surface area (Å²) >= 11 is 5.53. The zero-order valence-electron chi connectivity index (χ0n) is 16.8. The van der Waals surface area contributed by atoms with Crippen molar-refractivity contribution in [1.82, 2.24) is 10.2 Å². The molecule has 4 rings (SSSR count). The second-order valence-corrected chi connectivity index (χ2v) is 8.24. The Morgan fingerprint density at radius 2 is 1.71 bits per heavy atom. The molecule has 0 radical (unpaired) electrons. The van der Waals surface area contributed by atoms with Crippen molar-refractivity contribution in [3.63, 3.8) is 0 Å². The van der Waals surface area contributed by atoms with Gasteiger partial charge in [0.05, 0.1) is 11.8 Å². The van der Waals surface area contributed by atoms with Gasteiger partial charge in [0, 0.05) is 19.0 Å². The highest BCUT2D eigenvalue weighted by atomic mass is 32.1. The standard InChI is InChI=1S/C24H27N3S/c1-4-27-14-20(13-18-9-5-16(2)6-10-18)23-21(15-27)22(25-24(28)26-23)19-11-7-17(3)8-12-19/h5-13,21-22H,4,14-15H2,1-3H3,(H,25,28)/b20-13+. The highest BCUT2D eigenvalue weighted by molar-refractivity contribution is 7.80. The van der Waals surface area contributed by atoms with E-state index in [1.807, 2.05) is 0 Å². The largest absolute Gasteiger partial charge is 0.353 e. The van der Waals surface area contributed by atoms with E-state index in [1.54, 1.807) is 0 Å². The van der Waals surface area contributed by atoms with Crippen molar-refractivity contribution in [2.24, 2.45) is 10.9 Å². The lowest BCUT2D eigenvalue weighted by atomic mass is 9.81. The van der Waals surface area contributed by atoms with Crippen molar-refractivity contribution in [3.05, 3.63) is 76.4 Å². The molecule has 1 N–H and O–H groups in total. The summed E-state index contributed by atoms with van der Waals surface area (Å²) in [6, 6.07) is 17.6. The molecule has 4 heteroatoms. The zero-order chi connectivity index (χ0) is 19.7. The molecule has 3 nitrogen and oxygen atoms in total. The fourth-order valence-electron chi connectivity index (χ4n) is 4.10. The monoisotopic (exact) mass is 389 g/mol. The fraction of sp³-hybridized carbons (Fsp3) is 0.333. The van der Waals surface area contributed by atoms with Crippen LogP contribution in [0.4, 0.5) is 0 Å². The van der Waals surface area contributed by atoms with Gasteiger partial charge in [0.1, 0.15) is 0 Å². The quantitative estimate of drug-likeness (QED) is 0.771. The summed E-state index contributed by atoms with van der Waals surface area (Å²) in [5.74, 6) is 0.291. The van der Waals surface area contributed by atoms with Crippen LogP contribution in [-0.2, 0) is 0 Å². The lowest BCUT2D eigenvalue weighted by Gasteiger charge is -2.42. The predicted molar refractivity (Wildman–Crippen MR) is 122 cm³/mol. The summed E-state index contributed by atoms with van der Waals surface area (Å²) in [6.45, 7) is 9.41. The van der Waals surface area contributed by atoms with E-state index in [0.29, 0.717) is 11.0 Å². The van der Waals surface area contributed by atoms with Crippen LogP contribution in [0.5, 0.6) is 0 Å². The molecule has 0 spiro atoms. The number of aryl methyl sites for hydroxylation is 2. The average Bonchev–Trinajstić information content (AvgIpc) is 2.70. The van der Waals surface area contributed by atoms with Crippen molar-refractivity contribution in [1.29, 1.82) is 0 Å². The maximum absolute atomic E-state index is 5.53. The van der Waals surface area contributed by atoms with Gasteiger partial charge in [-0.2, -0.15) is 0 Å². The van der Waals surface area contributed by atoms with Crippen LogP contribution in [0, 0.1) is 19.8 Å². The maximum Gasteiger partial charge on any atom is 0.193 e. The second kappa shape index (κ2) is 7.98. The number of hydrogen-bond acceptors (Lipinski definition) is 2. The molecule has 0 amide bonds. The number of fused-ring (bicyclic) bond motifs is 1. The van der Waals surface area contributed by atoms with E-state index in [9.17, 15) is 0 Å². The molecule has 0 aromatic heterocycles. The summed E-state index contributed by atoms with van der Waals surface area (Å²) < 4.78 is 0. The van der Waals surface area contributed by atoms with Gasteiger partial charge in [0.2, 0.25) is 0 Å². The molecule has 1 fully saturated rings. The van der Waals surface area contributed by atoms with Crippen molar-refractivity contribution in [2.45, 2.75) is 26.8 Å². The average molecular weight is 390 g/mol. The van der Waals surface area contributed by atoms with Gasteiger partial charge in [-0.15, -0.1) is 0 Å². The van der Waals surface area contributed by atoms with Gasteiger partial charge in [-0.05, 0) is 55.4 Å². The van der Waals surface area contributed by atoms with Gasteiger partial charge in [-0.1, -0.05) is 66.6 Å². The molecule has 0 bridgehead atoms. The first kappa shape index (κ1) is 19.0. The first-order valence-corrected chi connectivity index (χ1v) is 10.4. The number of likely N-dealkylation sites (N-methyl/N-ethyl adjacent to an activating group) is 1. The third kappa shape index (κ3) is 3.94. The lowest BCUT2D eigenvalue weighted by molar-refractivity contribution is 0.252. The van der Waals surface area contributed by atoms with Gasteiger partial charge in [-0.3, -0.25) is 4.90 Å². The van der Waals surface area contributed by atoms with Crippen LogP contribution in [0.3, 0.4) is 0 Å². The van der Waals surface area contributed by atoms with Gasteiger partial charge in [-0.25, -0.2) is 4.99 Å². The molecule has 2 aliphatic rings. The first-order valence-electron chi connectivity index (χ1n) is 9.99. The number of rotatable bonds is 3. The number of nitrogens with one attached hydrogen (secondary N) is 1. The highest BCUT2D eigenvalue weighted by Gasteiger charge is 2.38. The molecule has 28 heavy (non-hydrogen) atoms. The Bertz CT molecular complexity index is 925. The molecule has 2 aromatic carbocycles. The number of piperidine rings is 1. The molecule has 2 aliphatic heterocycles. The van der Waals surface area contributed by atoms with E-state index in [2.05, 4.69) is 85.6 Å². The summed E-state index contributed by atoms with van der Waals surface area (Å²) in [5, 5.41) is 4.07. The zero-order valence-corrected chi connectivity index (χ0v) is 17.6. The van der Waals surface area contributed by atoms with Gasteiger partial charge >= 0.3 is 0 Å². The molecule has 1 saturated heterocycles. The summed E-state index contributed by atoms with van der Waals surface area (Å²) in [4.78, 5) is 7.30. The van der Waals surface area contributed by atoms with Crippen LogP contribution in [0.25, 0.3) is 6.08 Å². The Labute approximate surface area is 173 Å². The van der Waals surface area contributed by atoms with E-state index >= 15 is 0 Å². The first-order chi connectivity index (χ1) is 13.5. The molecule has 2 heterocycles. The molecule has 2 unspecified atom stereocenters. The highest BCUT2D eigenvalue weighted by Crippen LogP contribution is 2.34. The normalized spacial score (nSPS) is 23.9. The van der Waals surface area contributed by atoms with Crippen LogP contribution in [0.2, 0.25) is 0 Å². The van der Waals surface area contributed by atoms with E-state index < -0.39 is 0 Å². The minimum Gasteiger partial charge on any atom is -0.353 e. The van der Waals surface area contributed by atoms with Gasteiger partial charge in [0.15, 0.2) is 5.11 Å². The number of likely N-dealkylation sites (tertiary alicyclic amines) is 1. The van der Waals surface area contributed by atoms with Crippen LogP contribution in [0.15, 0.2) is 59.1 Å². The lowest BCUT2D eigenvalue weighted by Crippen LogP contribution is -2.51. The number of benzene rings is 2. The number of thiocarbonyl (C=S) groups is 1. The van der Waals surface area contributed by atoms with Crippen molar-refractivity contribution in [2.75, 3.05) is 19.6 Å². The Hall–Kier alpha value is -2.30. The Morgan fingerprint density at radius 3 is 2.36 bits per heavy atom. The fourth-order valence-corrected chi connectivity index (χ4v) is 4.32. The van der Waals surface area contributed by atoms with E-state index in [1.165, 1.54) is 27.8 Å². The summed E-state index contributed by atoms with van der Waals surface area (Å²) in [6.07, 6.45) is 2.28. The van der Waals surface area contributed by atoms with Crippen LogP contribution < -0.4 is 5.32 Å². The minimum absolute atomic E-state index is 0.163. The molecule has 2 aromatic rings. The maximum atomic E-state index is 5.53. The summed E-state index contributed by atoms with van der Waals surface area (Å²) in [5.41, 5.74) is 7.48. The Balaban J connectivity index is 1.74. The smallest absolute Gasteiger partial charge is 0.193 e. The molecule has 0 aliphatic carbocycles. The third-order valence-corrected chi connectivity index (χ3v) is 5.94. The molecule has 2 atom stereocenters. The summed E-state index contributed by atoms with van der Waals surface area (Å²) in [7, 11) is 0. The van der Waals surface area contributed by atoms with Gasteiger partial charge < -0.3 is 5.32 Å². The number of aliphatic imine (C=N–C) groups is 1.